The Hall–Kier alpha value is -3.03. The van der Waals surface area contributed by atoms with E-state index in [-0.39, 0.29) is 23.8 Å². The van der Waals surface area contributed by atoms with Crippen LogP contribution in [-0.4, -0.2) is 43.4 Å². The Labute approximate surface area is 183 Å². The lowest BCUT2D eigenvalue weighted by Crippen LogP contribution is -2.42. The molecule has 0 atom stereocenters. The number of amides is 2. The van der Waals surface area contributed by atoms with Crippen molar-refractivity contribution >= 4 is 17.8 Å². The summed E-state index contributed by atoms with van der Waals surface area (Å²) in [6, 6.07) is 7.52. The molecule has 2 aromatic rings. The van der Waals surface area contributed by atoms with E-state index in [4.69, 9.17) is 0 Å². The van der Waals surface area contributed by atoms with Crippen molar-refractivity contribution in [1.29, 1.82) is 0 Å². The first kappa shape index (κ1) is 22.7. The topological polar surface area (TPSA) is 104 Å². The van der Waals surface area contributed by atoms with Crippen LogP contribution in [0, 0.1) is 11.3 Å². The van der Waals surface area contributed by atoms with E-state index in [0.717, 1.165) is 31.2 Å². The number of benzene rings is 1. The van der Waals surface area contributed by atoms with Gasteiger partial charge in [-0.05, 0) is 72.9 Å². The van der Waals surface area contributed by atoms with Crippen molar-refractivity contribution in [2.75, 3.05) is 5.32 Å². The number of carbonyl (C=O) groups excluding carboxylic acids is 2. The van der Waals surface area contributed by atoms with Crippen LogP contribution >= 0.6 is 0 Å². The Kier molecular flexibility index (Phi) is 7.20. The maximum absolute atomic E-state index is 12.8. The van der Waals surface area contributed by atoms with Crippen molar-refractivity contribution < 1.29 is 9.59 Å². The van der Waals surface area contributed by atoms with E-state index in [2.05, 4.69) is 46.7 Å². The molecule has 0 radical (unpaired) electrons. The molecule has 1 fully saturated rings. The highest BCUT2D eigenvalue weighted by Gasteiger charge is 2.33. The summed E-state index contributed by atoms with van der Waals surface area (Å²) in [4.78, 5) is 27.1. The van der Waals surface area contributed by atoms with Gasteiger partial charge < -0.3 is 4.90 Å². The second-order valence-corrected chi connectivity index (χ2v) is 9.22. The van der Waals surface area contributed by atoms with Gasteiger partial charge in [0.1, 0.15) is 0 Å². The summed E-state index contributed by atoms with van der Waals surface area (Å²) in [6.45, 7) is 9.30. The van der Waals surface area contributed by atoms with Crippen molar-refractivity contribution in [3.8, 4) is 0 Å². The predicted molar refractivity (Wildman–Crippen MR) is 119 cm³/mol. The van der Waals surface area contributed by atoms with Gasteiger partial charge in [-0.25, -0.2) is 0 Å². The number of hydrogen-bond donors (Lipinski definition) is 2. The number of carbonyl (C=O) groups is 2. The number of anilines is 1. The fourth-order valence-electron chi connectivity index (χ4n) is 4.23. The van der Waals surface area contributed by atoms with Gasteiger partial charge >= 0.3 is 0 Å². The molecule has 0 spiro atoms. The lowest BCUT2D eigenvalue weighted by Gasteiger charge is -2.41. The molecular formula is C23H32N6O2. The average molecular weight is 425 g/mol. The molecule has 8 heteroatoms. The lowest BCUT2D eigenvalue weighted by molar-refractivity contribution is -0.130. The van der Waals surface area contributed by atoms with Crippen LogP contribution in [0.15, 0.2) is 36.4 Å². The minimum absolute atomic E-state index is 0.0423. The highest BCUT2D eigenvalue weighted by molar-refractivity contribution is 6.03. The van der Waals surface area contributed by atoms with Gasteiger partial charge in [0.15, 0.2) is 0 Å². The van der Waals surface area contributed by atoms with Crippen LogP contribution in [0.25, 0.3) is 0 Å². The molecular weight excluding hydrogens is 392 g/mol. The maximum atomic E-state index is 12.8. The number of hydrogen-bond acceptors (Lipinski definition) is 5. The van der Waals surface area contributed by atoms with Crippen LogP contribution in [0.4, 0.5) is 5.95 Å². The maximum Gasteiger partial charge on any atom is 0.270 e. The summed E-state index contributed by atoms with van der Waals surface area (Å²) in [7, 11) is 0. The summed E-state index contributed by atoms with van der Waals surface area (Å²) < 4.78 is 0. The Morgan fingerprint density at radius 1 is 1.16 bits per heavy atom. The minimum Gasteiger partial charge on any atom is -0.332 e. The summed E-state index contributed by atoms with van der Waals surface area (Å²) in [6.07, 6.45) is 7.77. The van der Waals surface area contributed by atoms with Crippen LogP contribution in [0.2, 0.25) is 0 Å². The van der Waals surface area contributed by atoms with E-state index in [1.165, 1.54) is 0 Å². The molecule has 0 aliphatic heterocycles. The van der Waals surface area contributed by atoms with E-state index in [9.17, 15) is 9.59 Å². The monoisotopic (exact) mass is 424 g/mol. The number of H-pyrrole nitrogens is 1. The summed E-state index contributed by atoms with van der Waals surface area (Å²) in [5.41, 5.74) is 1.79. The first-order valence-electron chi connectivity index (χ1n) is 10.8. The second-order valence-electron chi connectivity index (χ2n) is 9.22. The number of rotatable bonds is 6. The third-order valence-corrected chi connectivity index (χ3v) is 6.09. The molecule has 0 saturated heterocycles. The molecule has 1 heterocycles. The molecule has 1 saturated carbocycles. The van der Waals surface area contributed by atoms with Crippen molar-refractivity contribution in [1.82, 2.24) is 25.5 Å². The lowest BCUT2D eigenvalue weighted by atomic mass is 9.71. The van der Waals surface area contributed by atoms with Crippen LogP contribution in [0.3, 0.4) is 0 Å². The molecule has 3 rings (SSSR count). The van der Waals surface area contributed by atoms with Crippen molar-refractivity contribution in [2.45, 2.75) is 66.0 Å². The van der Waals surface area contributed by atoms with Crippen LogP contribution in [0.5, 0.6) is 0 Å². The Bertz CT molecular complexity index is 891. The van der Waals surface area contributed by atoms with Gasteiger partial charge in [0.25, 0.3) is 11.9 Å². The van der Waals surface area contributed by atoms with Gasteiger partial charge in [0.05, 0.1) is 0 Å². The van der Waals surface area contributed by atoms with E-state index in [1.807, 2.05) is 24.0 Å². The molecule has 8 nitrogen and oxygen atoms in total. The number of nitrogens with zero attached hydrogens (tertiary/aromatic N) is 4. The number of allylic oxidation sites excluding steroid dienone is 1. The third-order valence-electron chi connectivity index (χ3n) is 6.09. The molecule has 0 unspecified atom stereocenters. The Balaban J connectivity index is 1.67. The highest BCUT2D eigenvalue weighted by Crippen LogP contribution is 2.39. The minimum atomic E-state index is -0.310. The summed E-state index contributed by atoms with van der Waals surface area (Å²) in [5, 5.41) is 15.7. The van der Waals surface area contributed by atoms with E-state index in [1.54, 1.807) is 24.3 Å². The standard InChI is InChI=1S/C23H32N6O2/c1-5-6-20(30)29(19-13-11-18(12-14-19)23(2,3)4)15-16-7-9-17(10-8-16)21(31)24-22-25-27-28-26-22/h5-10,18-19H,11-15H2,1-4H3,(H2,24,25,26,27,28,31). The fraction of sp³-hybridized carbons (Fsp3) is 0.522. The SMILES string of the molecule is CC=CC(=O)N(Cc1ccc(C(=O)Nc2nn[nH]n2)cc1)C1CCC(C(C)(C)C)CC1. The van der Waals surface area contributed by atoms with Gasteiger partial charge in [-0.15, -0.1) is 5.10 Å². The molecule has 2 amide bonds. The van der Waals surface area contributed by atoms with Gasteiger partial charge in [-0.2, -0.15) is 5.21 Å². The Morgan fingerprint density at radius 3 is 2.39 bits per heavy atom. The fourth-order valence-corrected chi connectivity index (χ4v) is 4.23. The number of tetrazole rings is 1. The molecule has 31 heavy (non-hydrogen) atoms. The number of nitrogens with one attached hydrogen (secondary N) is 2. The van der Waals surface area contributed by atoms with Crippen LogP contribution < -0.4 is 5.32 Å². The van der Waals surface area contributed by atoms with Crippen molar-refractivity contribution in [3.05, 3.63) is 47.5 Å². The quantitative estimate of drug-likeness (QED) is 0.683. The van der Waals surface area contributed by atoms with Gasteiger partial charge in [0.2, 0.25) is 5.91 Å². The summed E-state index contributed by atoms with van der Waals surface area (Å²) >= 11 is 0. The van der Waals surface area contributed by atoms with Gasteiger partial charge in [0, 0.05) is 18.2 Å². The van der Waals surface area contributed by atoms with E-state index in [0.29, 0.717) is 23.4 Å². The smallest absolute Gasteiger partial charge is 0.270 e. The first-order valence-corrected chi connectivity index (χ1v) is 10.8. The highest BCUT2D eigenvalue weighted by atomic mass is 16.2. The number of aromatic amines is 1. The molecule has 1 aromatic heterocycles. The molecule has 166 valence electrons. The molecule has 1 aliphatic carbocycles. The van der Waals surface area contributed by atoms with Crippen molar-refractivity contribution in [2.24, 2.45) is 11.3 Å². The largest absolute Gasteiger partial charge is 0.332 e. The Morgan fingerprint density at radius 2 is 1.84 bits per heavy atom. The van der Waals surface area contributed by atoms with Gasteiger partial charge in [-0.3, -0.25) is 14.9 Å². The zero-order valence-corrected chi connectivity index (χ0v) is 18.8. The zero-order chi connectivity index (χ0) is 22.4. The second kappa shape index (κ2) is 9.85. The normalized spacial score (nSPS) is 19.4. The van der Waals surface area contributed by atoms with Gasteiger partial charge in [-0.1, -0.05) is 44.1 Å². The zero-order valence-electron chi connectivity index (χ0n) is 18.8. The molecule has 2 N–H and O–H groups in total. The molecule has 1 aromatic carbocycles. The third kappa shape index (κ3) is 5.99. The predicted octanol–water partition coefficient (Wildman–Crippen LogP) is 3.96. The summed E-state index contributed by atoms with van der Waals surface area (Å²) in [5.74, 6) is 0.554. The number of aromatic nitrogens is 4. The van der Waals surface area contributed by atoms with Crippen molar-refractivity contribution in [3.63, 3.8) is 0 Å². The first-order chi connectivity index (χ1) is 14.8. The van der Waals surface area contributed by atoms with E-state index >= 15 is 0 Å². The van der Waals surface area contributed by atoms with E-state index < -0.39 is 0 Å². The van der Waals surface area contributed by atoms with Crippen LogP contribution in [-0.2, 0) is 11.3 Å². The van der Waals surface area contributed by atoms with Crippen LogP contribution in [0.1, 0.15) is 69.3 Å². The molecule has 0 bridgehead atoms. The molecule has 1 aliphatic rings. The average Bonchev–Trinajstić information content (AvgIpc) is 3.25.